The van der Waals surface area contributed by atoms with Crippen molar-refractivity contribution in [2.45, 2.75) is 51.4 Å². The Hall–Kier alpha value is -3.81. The largest absolute Gasteiger partial charge is 0.454 e. The van der Waals surface area contributed by atoms with Crippen molar-refractivity contribution in [3.8, 4) is 0 Å². The number of hydrogen-bond donors (Lipinski definition) is 2. The van der Waals surface area contributed by atoms with Gasteiger partial charge in [-0.15, -0.1) is 0 Å². The molecular weight excluding hydrogens is 418 g/mol. The molecule has 2 aliphatic heterocycles. The summed E-state index contributed by atoms with van der Waals surface area (Å²) in [6.07, 6.45) is -4.57. The Balaban J connectivity index is 1.74. The Morgan fingerprint density at radius 3 is 2.48 bits per heavy atom. The van der Waals surface area contributed by atoms with E-state index >= 15 is 0 Å². The highest BCUT2D eigenvalue weighted by atomic mass is 16.7. The fraction of sp³-hybridized carbons (Fsp3) is 0.471. The third-order valence-electron chi connectivity index (χ3n) is 4.61. The monoisotopic (exact) mass is 435 g/mol. The Kier molecular flexibility index (Phi) is 4.93. The normalized spacial score (nSPS) is 26.9. The zero-order valence-electron chi connectivity index (χ0n) is 16.5. The third-order valence-corrected chi connectivity index (χ3v) is 4.61. The third kappa shape index (κ3) is 3.61. The minimum Gasteiger partial charge on any atom is -0.454 e. The lowest BCUT2D eigenvalue weighted by Crippen LogP contribution is -2.36. The molecule has 0 radical (unpaired) electrons. The van der Waals surface area contributed by atoms with Crippen LogP contribution in [0.2, 0.25) is 0 Å². The average Bonchev–Trinajstić information content (AvgIpc) is 3.29. The number of aromatic amines is 1. The number of carbonyl (C=O) groups is 4. The number of hydrogen-bond acceptors (Lipinski definition) is 11. The maximum Gasteiger partial charge on any atom is 0.350 e. The SMILES string of the molecule is CC(=O)Nc1nc2ncn([C@@H]3O[C@@H]4[C@H](OC(=O)[C@@H]4OC(C)=O)[C@@H]3OC(C)=O)c2c(=O)[nH]1. The predicted octanol–water partition coefficient (Wildman–Crippen LogP) is -1.24. The van der Waals surface area contributed by atoms with E-state index in [1.165, 1.54) is 17.8 Å². The van der Waals surface area contributed by atoms with E-state index in [0.717, 1.165) is 13.8 Å². The molecule has 0 aromatic carbocycles. The van der Waals surface area contributed by atoms with Gasteiger partial charge < -0.3 is 18.9 Å². The molecule has 0 saturated carbocycles. The van der Waals surface area contributed by atoms with Crippen LogP contribution < -0.4 is 10.9 Å². The van der Waals surface area contributed by atoms with Crippen LogP contribution in [0, 0.1) is 0 Å². The van der Waals surface area contributed by atoms with E-state index in [1.54, 1.807) is 0 Å². The minimum atomic E-state index is -1.36. The number of nitrogens with zero attached hydrogens (tertiary/aromatic N) is 3. The van der Waals surface area contributed by atoms with Gasteiger partial charge in [0, 0.05) is 20.8 Å². The molecule has 5 atom stereocenters. The lowest BCUT2D eigenvalue weighted by molar-refractivity contribution is -0.174. The van der Waals surface area contributed by atoms with Crippen molar-refractivity contribution >= 4 is 40.9 Å². The smallest absolute Gasteiger partial charge is 0.350 e. The number of amides is 1. The number of fused-ring (bicyclic) bond motifs is 2. The second kappa shape index (κ2) is 7.46. The number of aromatic nitrogens is 4. The fourth-order valence-electron chi connectivity index (χ4n) is 3.58. The van der Waals surface area contributed by atoms with Crippen molar-refractivity contribution in [3.05, 3.63) is 16.7 Å². The van der Waals surface area contributed by atoms with Gasteiger partial charge in [0.15, 0.2) is 29.6 Å². The van der Waals surface area contributed by atoms with E-state index < -0.39 is 60.0 Å². The Morgan fingerprint density at radius 1 is 1.13 bits per heavy atom. The molecule has 1 amide bonds. The summed E-state index contributed by atoms with van der Waals surface area (Å²) in [4.78, 5) is 69.5. The molecule has 2 aromatic heterocycles. The molecule has 0 spiro atoms. The van der Waals surface area contributed by atoms with Crippen molar-refractivity contribution in [3.63, 3.8) is 0 Å². The number of H-pyrrole nitrogens is 1. The van der Waals surface area contributed by atoms with Crippen molar-refractivity contribution in [1.29, 1.82) is 0 Å². The summed E-state index contributed by atoms with van der Waals surface area (Å²) in [5.41, 5.74) is -0.697. The van der Waals surface area contributed by atoms with E-state index in [0.29, 0.717) is 0 Å². The Labute approximate surface area is 172 Å². The van der Waals surface area contributed by atoms with Gasteiger partial charge in [-0.05, 0) is 0 Å². The van der Waals surface area contributed by atoms with Crippen LogP contribution in [0.1, 0.15) is 27.0 Å². The number of anilines is 1. The van der Waals surface area contributed by atoms with Crippen LogP contribution in [-0.2, 0) is 38.1 Å². The first-order valence-corrected chi connectivity index (χ1v) is 9.10. The predicted molar refractivity (Wildman–Crippen MR) is 97.4 cm³/mol. The van der Waals surface area contributed by atoms with E-state index in [4.69, 9.17) is 18.9 Å². The molecule has 4 heterocycles. The maximum atomic E-state index is 12.6. The highest BCUT2D eigenvalue weighted by Gasteiger charge is 2.61. The maximum absolute atomic E-state index is 12.6. The van der Waals surface area contributed by atoms with Crippen LogP contribution in [0.5, 0.6) is 0 Å². The van der Waals surface area contributed by atoms with E-state index in [-0.39, 0.29) is 17.1 Å². The van der Waals surface area contributed by atoms with Gasteiger partial charge in [-0.25, -0.2) is 9.78 Å². The summed E-state index contributed by atoms with van der Waals surface area (Å²) in [6.45, 7) is 3.53. The highest BCUT2D eigenvalue weighted by Crippen LogP contribution is 2.40. The first-order valence-electron chi connectivity index (χ1n) is 9.10. The molecule has 0 aliphatic carbocycles. The van der Waals surface area contributed by atoms with Crippen molar-refractivity contribution in [2.24, 2.45) is 0 Å². The quantitative estimate of drug-likeness (QED) is 0.433. The number of carbonyl (C=O) groups excluding carboxylic acids is 4. The van der Waals surface area contributed by atoms with Crippen LogP contribution in [0.25, 0.3) is 11.2 Å². The van der Waals surface area contributed by atoms with Crippen molar-refractivity contribution in [1.82, 2.24) is 19.5 Å². The lowest BCUT2D eigenvalue weighted by atomic mass is 10.1. The second-order valence-electron chi connectivity index (χ2n) is 6.92. The van der Waals surface area contributed by atoms with E-state index in [1.807, 2.05) is 0 Å². The molecule has 4 rings (SSSR count). The molecule has 2 fully saturated rings. The van der Waals surface area contributed by atoms with Crippen LogP contribution in [-0.4, -0.2) is 67.7 Å². The Bertz CT molecular complexity index is 1150. The van der Waals surface area contributed by atoms with Crippen LogP contribution >= 0.6 is 0 Å². The number of esters is 3. The Morgan fingerprint density at radius 2 is 1.84 bits per heavy atom. The number of nitrogens with one attached hydrogen (secondary N) is 2. The van der Waals surface area contributed by atoms with Gasteiger partial charge >= 0.3 is 17.9 Å². The van der Waals surface area contributed by atoms with E-state index in [9.17, 15) is 24.0 Å². The fourth-order valence-corrected chi connectivity index (χ4v) is 3.58. The number of ether oxygens (including phenoxy) is 4. The zero-order chi connectivity index (χ0) is 22.4. The van der Waals surface area contributed by atoms with E-state index in [2.05, 4.69) is 20.3 Å². The lowest BCUT2D eigenvalue weighted by Gasteiger charge is -2.22. The van der Waals surface area contributed by atoms with Crippen molar-refractivity contribution < 1.29 is 38.1 Å². The molecule has 2 N–H and O–H groups in total. The topological polar surface area (TPSA) is 181 Å². The summed E-state index contributed by atoms with van der Waals surface area (Å²) in [5, 5.41) is 2.35. The molecule has 0 unspecified atom stereocenters. The average molecular weight is 435 g/mol. The van der Waals surface area contributed by atoms with Gasteiger partial charge in [-0.2, -0.15) is 4.98 Å². The molecular formula is C17H17N5O9. The summed E-state index contributed by atoms with van der Waals surface area (Å²) < 4.78 is 22.7. The van der Waals surface area contributed by atoms with Gasteiger partial charge in [-0.1, -0.05) is 0 Å². The highest BCUT2D eigenvalue weighted by molar-refractivity contribution is 5.87. The number of imidazole rings is 1. The second-order valence-corrected chi connectivity index (χ2v) is 6.92. The van der Waals surface area contributed by atoms with Gasteiger partial charge in [0.2, 0.25) is 18.0 Å². The van der Waals surface area contributed by atoms with Crippen LogP contribution in [0.3, 0.4) is 0 Å². The molecule has 31 heavy (non-hydrogen) atoms. The zero-order valence-corrected chi connectivity index (χ0v) is 16.5. The number of rotatable bonds is 4. The standard InChI is InChI=1S/C17H17N5O9/c1-5(23)19-17-20-13-8(14(26)21-17)22(4-18-13)15-11(28-6(2)24)9-10(30-15)12(16(27)31-9)29-7(3)25/h4,9-12,15H,1-3H3,(H2,19,20,21,23,26)/t9-,10+,11-,12+,15+/m0/s1. The summed E-state index contributed by atoms with van der Waals surface area (Å²) >= 11 is 0. The first kappa shape index (κ1) is 20.5. The van der Waals surface area contributed by atoms with Gasteiger partial charge in [-0.3, -0.25) is 34.0 Å². The molecule has 2 saturated heterocycles. The van der Waals surface area contributed by atoms with Gasteiger partial charge in [0.05, 0.1) is 0 Å². The minimum absolute atomic E-state index is 0.0109. The summed E-state index contributed by atoms with van der Waals surface area (Å²) in [7, 11) is 0. The van der Waals surface area contributed by atoms with Crippen molar-refractivity contribution in [2.75, 3.05) is 5.32 Å². The summed E-state index contributed by atoms with van der Waals surface area (Å²) in [6, 6.07) is 0. The first-order chi connectivity index (χ1) is 14.7. The molecule has 0 bridgehead atoms. The molecule has 14 nitrogen and oxygen atoms in total. The van der Waals surface area contributed by atoms with Crippen LogP contribution in [0.15, 0.2) is 11.1 Å². The molecule has 164 valence electrons. The molecule has 14 heteroatoms. The molecule has 2 aromatic rings. The van der Waals surface area contributed by atoms with Gasteiger partial charge in [0.25, 0.3) is 5.56 Å². The van der Waals surface area contributed by atoms with Crippen LogP contribution in [0.4, 0.5) is 5.95 Å². The van der Waals surface area contributed by atoms with Gasteiger partial charge in [0.1, 0.15) is 12.4 Å². The molecule has 2 aliphatic rings. The summed E-state index contributed by atoms with van der Waals surface area (Å²) in [5.74, 6) is -2.79.